The number of hydrogen-bond donors (Lipinski definition) is 3. The molecule has 17 nitrogen and oxygen atoms in total. The number of allylic oxidation sites excluding steroid dienone is 1. The third-order valence-electron chi connectivity index (χ3n) is 15.9. The molecular formula is C52H58N12O5. The third kappa shape index (κ3) is 7.70. The second-order valence-electron chi connectivity index (χ2n) is 19.9. The number of likely N-dealkylation sites (tertiary alicyclic amines) is 1. The highest BCUT2D eigenvalue weighted by Gasteiger charge is 2.38. The fraction of sp³-hybridized carbons (Fsp3) is 0.442. The van der Waals surface area contributed by atoms with Gasteiger partial charge in [-0.2, -0.15) is 4.98 Å². The molecule has 1 saturated carbocycles. The maximum atomic E-state index is 13.6. The van der Waals surface area contributed by atoms with E-state index in [0.29, 0.717) is 83.5 Å². The molecule has 7 aromatic rings. The molecule has 0 spiro atoms. The van der Waals surface area contributed by atoms with Gasteiger partial charge < -0.3 is 29.3 Å². The highest BCUT2D eigenvalue weighted by Crippen LogP contribution is 2.43. The predicted octanol–water partition coefficient (Wildman–Crippen LogP) is 6.30. The number of aliphatic hydroxyl groups is 1. The molecule has 1 unspecified atom stereocenters. The van der Waals surface area contributed by atoms with Gasteiger partial charge in [-0.15, -0.1) is 6.58 Å². The van der Waals surface area contributed by atoms with Crippen molar-refractivity contribution in [1.82, 2.24) is 49.2 Å². The predicted molar refractivity (Wildman–Crippen MR) is 263 cm³/mol. The zero-order valence-corrected chi connectivity index (χ0v) is 39.0. The molecule has 12 rings (SSSR count). The molecule has 3 saturated heterocycles. The summed E-state index contributed by atoms with van der Waals surface area (Å²) in [4.78, 5) is 60.2. The fourth-order valence-electron chi connectivity index (χ4n) is 12.0. The van der Waals surface area contributed by atoms with Crippen molar-refractivity contribution in [3.8, 4) is 5.82 Å². The maximum absolute atomic E-state index is 13.6. The standard InChI is InChI=1S/C52H58N12O5/c1-3-20-63-50(67)40-30-53-51(57-48(40)64(63)43-13-5-33-15-19-52(68,4-2)47(33)55-43)54-34-6-8-35(9-7-34)60-24-26-61(27-25-60)36-16-21-59(22-17-36)31-32-28-37(29-32)62-23-18-38-41(62)11-12-42-45(38)46(58-69-42)39-10-14-44(65)56-49(39)66/h3,5-9,11-13,18,23,30,32,36-37,39,68H,1,4,10,14-17,19-22,24-29,31H2,2H3,(H,53,54,57)(H,56,65,66)/t32-,37-,39?,52-/m1/s1. The smallest absolute Gasteiger partial charge is 0.278 e. The summed E-state index contributed by atoms with van der Waals surface area (Å²) in [5.41, 5.74) is 5.37. The minimum absolute atomic E-state index is 0.232. The van der Waals surface area contributed by atoms with Crippen LogP contribution < -0.4 is 21.1 Å². The van der Waals surface area contributed by atoms with Gasteiger partial charge in [0, 0.05) is 85.9 Å². The lowest BCUT2D eigenvalue weighted by molar-refractivity contribution is -0.134. The Bertz CT molecular complexity index is 3190. The summed E-state index contributed by atoms with van der Waals surface area (Å²) in [5.74, 6) is 0.548. The largest absolute Gasteiger partial charge is 0.384 e. The van der Waals surface area contributed by atoms with Gasteiger partial charge in [0.15, 0.2) is 17.0 Å². The van der Waals surface area contributed by atoms with Gasteiger partial charge in [0.1, 0.15) is 16.7 Å². The summed E-state index contributed by atoms with van der Waals surface area (Å²) in [6.07, 6.45) is 12.8. The molecule has 3 aliphatic heterocycles. The van der Waals surface area contributed by atoms with E-state index in [1.54, 1.807) is 21.6 Å². The number of carbonyl (C=O) groups excluding carboxylic acids is 2. The first-order chi connectivity index (χ1) is 33.6. The van der Waals surface area contributed by atoms with Crippen molar-refractivity contribution in [1.29, 1.82) is 0 Å². The number of aryl methyl sites for hydroxylation is 1. The summed E-state index contributed by atoms with van der Waals surface area (Å²) in [6.45, 7) is 13.6. The number of nitrogens with one attached hydrogen (secondary N) is 2. The lowest BCUT2D eigenvalue weighted by Gasteiger charge is -2.45. The van der Waals surface area contributed by atoms with Gasteiger partial charge >= 0.3 is 0 Å². The summed E-state index contributed by atoms with van der Waals surface area (Å²) in [6, 6.07) is 19.5. The Balaban J connectivity index is 0.631. The Morgan fingerprint density at radius 2 is 1.72 bits per heavy atom. The maximum Gasteiger partial charge on any atom is 0.278 e. The Hall–Kier alpha value is -6.69. The number of carbonyl (C=O) groups is 2. The molecule has 0 bridgehead atoms. The van der Waals surface area contributed by atoms with Crippen molar-refractivity contribution in [2.24, 2.45) is 5.92 Å². The Kier molecular flexibility index (Phi) is 11.0. The molecule has 3 N–H and O–H groups in total. The number of hydrogen-bond acceptors (Lipinski definition) is 13. The molecule has 5 aromatic heterocycles. The first kappa shape index (κ1) is 43.6. The second-order valence-corrected chi connectivity index (χ2v) is 19.9. The Morgan fingerprint density at radius 3 is 2.49 bits per heavy atom. The van der Waals surface area contributed by atoms with E-state index in [1.807, 2.05) is 25.1 Å². The molecule has 2 amide bonds. The Morgan fingerprint density at radius 1 is 0.913 bits per heavy atom. The number of nitrogens with zero attached hydrogens (tertiary/aromatic N) is 10. The topological polar surface area (TPSA) is 185 Å². The van der Waals surface area contributed by atoms with Crippen LogP contribution in [0.25, 0.3) is 38.7 Å². The van der Waals surface area contributed by atoms with Gasteiger partial charge in [-0.05, 0) is 124 Å². The molecule has 0 radical (unpaired) electrons. The van der Waals surface area contributed by atoms with Crippen LogP contribution in [0.4, 0.5) is 17.3 Å². The van der Waals surface area contributed by atoms with Crippen LogP contribution in [0.3, 0.4) is 0 Å². The number of pyridine rings is 1. The van der Waals surface area contributed by atoms with E-state index in [9.17, 15) is 19.5 Å². The zero-order valence-electron chi connectivity index (χ0n) is 39.0. The molecule has 69 heavy (non-hydrogen) atoms. The molecular weight excluding hydrogens is 873 g/mol. The first-order valence-electron chi connectivity index (χ1n) is 24.8. The average Bonchev–Trinajstić information content (AvgIpc) is 4.13. The van der Waals surface area contributed by atoms with Crippen molar-refractivity contribution < 1.29 is 19.2 Å². The number of fused-ring (bicyclic) bond motifs is 5. The highest BCUT2D eigenvalue weighted by molar-refractivity contribution is 6.09. The summed E-state index contributed by atoms with van der Waals surface area (Å²) >= 11 is 0. The average molecular weight is 931 g/mol. The summed E-state index contributed by atoms with van der Waals surface area (Å²) in [5, 5.41) is 23.8. The van der Waals surface area contributed by atoms with Gasteiger partial charge in [0.05, 0.1) is 23.5 Å². The van der Waals surface area contributed by atoms with Crippen molar-refractivity contribution in [3.63, 3.8) is 0 Å². The quantitative estimate of drug-likeness (QED) is 0.0917. The van der Waals surface area contributed by atoms with Gasteiger partial charge in [-0.25, -0.2) is 19.3 Å². The van der Waals surface area contributed by atoms with Crippen LogP contribution in [0.2, 0.25) is 0 Å². The van der Waals surface area contributed by atoms with E-state index < -0.39 is 11.5 Å². The summed E-state index contributed by atoms with van der Waals surface area (Å²) < 4.78 is 11.3. The SMILES string of the molecule is C=CCn1c(=O)c2cnc(Nc3ccc(N4CCN(C5CCN(C[C@H]6C[C@H](n7ccc8c9c(C%10CCC(=O)NC%10=O)noc9ccc87)C6)CC5)CC4)cc3)nc2n1-c1ccc2c(n1)[C@@](O)(CC)CC2. The lowest BCUT2D eigenvalue weighted by Crippen LogP contribution is -2.53. The number of imide groups is 1. The zero-order chi connectivity index (χ0) is 47.0. The van der Waals surface area contributed by atoms with E-state index in [0.717, 1.165) is 92.6 Å². The lowest BCUT2D eigenvalue weighted by atomic mass is 9.79. The molecule has 17 heteroatoms. The minimum Gasteiger partial charge on any atom is -0.384 e. The van der Waals surface area contributed by atoms with E-state index in [4.69, 9.17) is 14.5 Å². The molecule has 8 heterocycles. The number of amides is 2. The molecule has 356 valence electrons. The van der Waals surface area contributed by atoms with Crippen LogP contribution in [0.5, 0.6) is 0 Å². The van der Waals surface area contributed by atoms with Crippen LogP contribution in [-0.2, 0) is 28.2 Å². The second kappa shape index (κ2) is 17.4. The molecule has 2 aliphatic carbocycles. The normalized spacial score (nSPS) is 23.7. The number of rotatable bonds is 12. The van der Waals surface area contributed by atoms with Crippen LogP contribution in [0.15, 0.2) is 89.0 Å². The molecule has 2 aromatic carbocycles. The summed E-state index contributed by atoms with van der Waals surface area (Å²) in [7, 11) is 0. The fourth-order valence-corrected chi connectivity index (χ4v) is 12.0. The van der Waals surface area contributed by atoms with E-state index >= 15 is 0 Å². The molecule has 2 atom stereocenters. The monoisotopic (exact) mass is 930 g/mol. The highest BCUT2D eigenvalue weighted by atomic mass is 16.5. The van der Waals surface area contributed by atoms with E-state index in [1.165, 1.54) is 18.5 Å². The van der Waals surface area contributed by atoms with Gasteiger partial charge in [-0.1, -0.05) is 24.2 Å². The molecule has 5 aliphatic rings. The van der Waals surface area contributed by atoms with E-state index in [2.05, 4.69) is 89.2 Å². The number of piperidine rings is 2. The van der Waals surface area contributed by atoms with Crippen LogP contribution >= 0.6 is 0 Å². The van der Waals surface area contributed by atoms with E-state index in [-0.39, 0.29) is 23.9 Å². The number of piperazine rings is 1. The number of benzene rings is 2. The van der Waals surface area contributed by atoms with Gasteiger partial charge in [-0.3, -0.25) is 24.6 Å². The first-order valence-corrected chi connectivity index (χ1v) is 24.8. The third-order valence-corrected chi connectivity index (χ3v) is 15.9. The van der Waals surface area contributed by atoms with Gasteiger partial charge in [0.2, 0.25) is 17.8 Å². The van der Waals surface area contributed by atoms with Crippen molar-refractivity contribution >= 4 is 62.0 Å². The van der Waals surface area contributed by atoms with Crippen molar-refractivity contribution in [2.45, 2.75) is 94.9 Å². The van der Waals surface area contributed by atoms with Crippen LogP contribution in [0, 0.1) is 5.92 Å². The number of anilines is 3. The van der Waals surface area contributed by atoms with Crippen molar-refractivity contribution in [2.75, 3.05) is 56.0 Å². The van der Waals surface area contributed by atoms with Crippen LogP contribution in [0.1, 0.15) is 87.2 Å². The molecule has 4 fully saturated rings. The minimum atomic E-state index is -0.990. The Labute approximate surface area is 398 Å². The van der Waals surface area contributed by atoms with Gasteiger partial charge in [0.25, 0.3) is 5.56 Å². The number of aromatic nitrogens is 7. The van der Waals surface area contributed by atoms with Crippen LogP contribution in [-0.4, -0.2) is 113 Å². The van der Waals surface area contributed by atoms with Crippen molar-refractivity contribution in [3.05, 3.63) is 107 Å².